The van der Waals surface area contributed by atoms with Crippen molar-refractivity contribution in [1.29, 1.82) is 0 Å². The molecule has 0 amide bonds. The Morgan fingerprint density at radius 1 is 1.03 bits per heavy atom. The molecular formula is C24H18ClFN4O2. The highest BCUT2D eigenvalue weighted by Gasteiger charge is 2.18. The van der Waals surface area contributed by atoms with Gasteiger partial charge < -0.3 is 4.74 Å². The molecule has 0 aliphatic carbocycles. The van der Waals surface area contributed by atoms with E-state index in [1.165, 1.54) is 25.4 Å². The van der Waals surface area contributed by atoms with Crippen molar-refractivity contribution >= 4 is 23.6 Å². The Balaban J connectivity index is 1.90. The lowest BCUT2D eigenvalue weighted by Gasteiger charge is -2.12. The van der Waals surface area contributed by atoms with E-state index in [2.05, 4.69) is 15.0 Å². The van der Waals surface area contributed by atoms with E-state index >= 15 is 0 Å². The molecule has 6 nitrogen and oxygen atoms in total. The first-order valence-corrected chi connectivity index (χ1v) is 9.91. The fourth-order valence-corrected chi connectivity index (χ4v) is 3.02. The molecule has 0 aliphatic rings. The number of carbonyl (C=O) groups is 1. The fraction of sp³-hybridized carbons (Fsp3) is 0.0833. The van der Waals surface area contributed by atoms with Gasteiger partial charge in [0.2, 0.25) is 5.78 Å². The van der Waals surface area contributed by atoms with Gasteiger partial charge >= 0.3 is 0 Å². The average molecular weight is 449 g/mol. The van der Waals surface area contributed by atoms with Crippen molar-refractivity contribution in [3.63, 3.8) is 0 Å². The van der Waals surface area contributed by atoms with Crippen molar-refractivity contribution in [1.82, 2.24) is 0 Å². The van der Waals surface area contributed by atoms with Crippen LogP contribution in [0.5, 0.6) is 5.75 Å². The van der Waals surface area contributed by atoms with Crippen LogP contribution in [-0.2, 0) is 11.2 Å². The third kappa shape index (κ3) is 6.04. The largest absolute Gasteiger partial charge is 0.453 e. The number of aliphatic imine (C=N–C) groups is 1. The molecule has 3 aromatic rings. The predicted octanol–water partition coefficient (Wildman–Crippen LogP) is 6.56. The minimum absolute atomic E-state index is 0.0160. The third-order valence-corrected chi connectivity index (χ3v) is 4.67. The highest BCUT2D eigenvalue weighted by atomic mass is 35.5. The second-order valence-corrected chi connectivity index (χ2v) is 7.09. The van der Waals surface area contributed by atoms with E-state index in [1.807, 2.05) is 0 Å². The predicted molar refractivity (Wildman–Crippen MR) is 123 cm³/mol. The molecule has 0 bridgehead atoms. The first kappa shape index (κ1) is 22.7. The summed E-state index contributed by atoms with van der Waals surface area (Å²) in [5.41, 5.74) is 11.3. The summed E-state index contributed by atoms with van der Waals surface area (Å²) >= 11 is 5.91. The average Bonchev–Trinajstić information content (AvgIpc) is 2.80. The van der Waals surface area contributed by atoms with Gasteiger partial charge in [-0.3, -0.25) is 9.79 Å². The number of azide groups is 1. The van der Waals surface area contributed by atoms with Gasteiger partial charge in [0, 0.05) is 29.6 Å². The molecule has 0 atom stereocenters. The van der Waals surface area contributed by atoms with Gasteiger partial charge in [-0.05, 0) is 58.6 Å². The van der Waals surface area contributed by atoms with Gasteiger partial charge in [-0.15, -0.1) is 0 Å². The summed E-state index contributed by atoms with van der Waals surface area (Å²) in [4.78, 5) is 19.6. The highest BCUT2D eigenvalue weighted by Crippen LogP contribution is 2.25. The minimum atomic E-state index is -0.391. The van der Waals surface area contributed by atoms with Gasteiger partial charge in [0.25, 0.3) is 0 Å². The van der Waals surface area contributed by atoms with Gasteiger partial charge in [-0.1, -0.05) is 53.1 Å². The molecule has 3 rings (SSSR count). The number of rotatable bonds is 8. The van der Waals surface area contributed by atoms with E-state index in [4.69, 9.17) is 21.9 Å². The number of Topliss-reactive ketones (excluding diaryl/α,β-unsaturated/α-hetero) is 1. The monoisotopic (exact) mass is 448 g/mol. The summed E-state index contributed by atoms with van der Waals surface area (Å²) in [7, 11) is 1.49. The fourth-order valence-electron chi connectivity index (χ4n) is 2.90. The van der Waals surface area contributed by atoms with Crippen LogP contribution in [0, 0.1) is 5.82 Å². The van der Waals surface area contributed by atoms with Crippen LogP contribution in [-0.4, -0.2) is 19.0 Å². The normalized spacial score (nSPS) is 11.6. The number of allylic oxidation sites excluding steroid dienone is 2. The molecular weight excluding hydrogens is 431 g/mol. The van der Waals surface area contributed by atoms with Crippen LogP contribution in [0.1, 0.15) is 5.56 Å². The Hall–Kier alpha value is -3.93. The molecule has 8 heteroatoms. The van der Waals surface area contributed by atoms with Crippen molar-refractivity contribution in [3.8, 4) is 16.9 Å². The van der Waals surface area contributed by atoms with Crippen molar-refractivity contribution in [2.45, 2.75) is 6.42 Å². The van der Waals surface area contributed by atoms with Crippen molar-refractivity contribution in [3.05, 3.63) is 111 Å². The van der Waals surface area contributed by atoms with Crippen LogP contribution in [0.15, 0.2) is 94.4 Å². The Labute approximate surface area is 189 Å². The van der Waals surface area contributed by atoms with E-state index < -0.39 is 5.78 Å². The summed E-state index contributed by atoms with van der Waals surface area (Å²) in [6.45, 7) is 0. The quantitative estimate of drug-likeness (QED) is 0.0975. The molecule has 0 heterocycles. The van der Waals surface area contributed by atoms with Crippen LogP contribution in [0.2, 0.25) is 5.02 Å². The molecule has 3 aromatic carbocycles. The minimum Gasteiger partial charge on any atom is -0.453 e. The Morgan fingerprint density at radius 3 is 2.19 bits per heavy atom. The lowest BCUT2D eigenvalue weighted by Crippen LogP contribution is -2.15. The Kier molecular flexibility index (Phi) is 7.75. The number of ether oxygens (including phenoxy) is 1. The van der Waals surface area contributed by atoms with Gasteiger partial charge in [0.15, 0.2) is 5.76 Å². The number of ketones is 1. The molecule has 0 unspecified atom stereocenters. The standard InChI is InChI=1S/C24H18ClFN4O2/c1-28-15-22(29-30-27)24(23(31)14-16-2-8-19(25)9-3-16)32-21-12-6-18(7-13-21)17-4-10-20(26)11-5-17/h2-13,15H,14H2,1H3/b24-22-,28-15?. The van der Waals surface area contributed by atoms with Gasteiger partial charge in [-0.2, -0.15) is 0 Å². The summed E-state index contributed by atoms with van der Waals surface area (Å²) in [5.74, 6) is -0.466. The number of hydrogen-bond donors (Lipinski definition) is 0. The molecule has 0 aliphatic heterocycles. The maximum absolute atomic E-state index is 13.2. The van der Waals surface area contributed by atoms with Crippen LogP contribution in [0.3, 0.4) is 0 Å². The van der Waals surface area contributed by atoms with Crippen molar-refractivity contribution in [2.75, 3.05) is 7.05 Å². The van der Waals surface area contributed by atoms with Crippen LogP contribution in [0.25, 0.3) is 21.6 Å². The molecule has 32 heavy (non-hydrogen) atoms. The van der Waals surface area contributed by atoms with E-state index in [0.29, 0.717) is 10.8 Å². The van der Waals surface area contributed by atoms with E-state index in [-0.39, 0.29) is 23.7 Å². The summed E-state index contributed by atoms with van der Waals surface area (Å²) in [6.07, 6.45) is 1.28. The van der Waals surface area contributed by atoms with E-state index in [1.54, 1.807) is 60.7 Å². The zero-order valence-corrected chi connectivity index (χ0v) is 17.8. The van der Waals surface area contributed by atoms with E-state index in [0.717, 1.165) is 16.7 Å². The number of nitrogens with zero attached hydrogens (tertiary/aromatic N) is 4. The Bertz CT molecular complexity index is 1200. The SMILES string of the molecule is CN=C/C(N=[N+]=[N-])=C(/Oc1ccc(-c2ccc(F)cc2)cc1)C(=O)Cc1ccc(Cl)cc1. The van der Waals surface area contributed by atoms with Gasteiger partial charge in [0.05, 0.1) is 0 Å². The Morgan fingerprint density at radius 2 is 1.62 bits per heavy atom. The van der Waals surface area contributed by atoms with Gasteiger partial charge in [0.1, 0.15) is 17.3 Å². The summed E-state index contributed by atoms with van der Waals surface area (Å²) < 4.78 is 19.0. The zero-order chi connectivity index (χ0) is 22.9. The molecule has 0 aromatic heterocycles. The highest BCUT2D eigenvalue weighted by molar-refractivity contribution is 6.30. The number of benzene rings is 3. The smallest absolute Gasteiger partial charge is 0.202 e. The summed E-state index contributed by atoms with van der Waals surface area (Å²) in [6, 6.07) is 19.8. The number of halogens is 2. The first-order valence-electron chi connectivity index (χ1n) is 9.53. The molecule has 0 N–H and O–H groups in total. The molecule has 0 radical (unpaired) electrons. The van der Waals surface area contributed by atoms with Crippen molar-refractivity contribution < 1.29 is 13.9 Å². The number of carbonyl (C=O) groups excluding carboxylic acids is 1. The maximum Gasteiger partial charge on any atom is 0.202 e. The van der Waals surface area contributed by atoms with E-state index in [9.17, 15) is 9.18 Å². The zero-order valence-electron chi connectivity index (χ0n) is 17.1. The van der Waals surface area contributed by atoms with Crippen LogP contribution < -0.4 is 4.74 Å². The second kappa shape index (κ2) is 10.9. The molecule has 0 fully saturated rings. The van der Waals surface area contributed by atoms with Crippen LogP contribution in [0.4, 0.5) is 4.39 Å². The summed E-state index contributed by atoms with van der Waals surface area (Å²) in [5, 5.41) is 4.13. The first-order chi connectivity index (χ1) is 15.5. The number of hydrogen-bond acceptors (Lipinski definition) is 4. The molecule has 0 spiro atoms. The van der Waals surface area contributed by atoms with Crippen molar-refractivity contribution in [2.24, 2.45) is 10.1 Å². The topological polar surface area (TPSA) is 87.4 Å². The van der Waals surface area contributed by atoms with Crippen LogP contribution >= 0.6 is 11.6 Å². The molecule has 160 valence electrons. The van der Waals surface area contributed by atoms with Gasteiger partial charge in [-0.25, -0.2) is 4.39 Å². The third-order valence-electron chi connectivity index (χ3n) is 4.42. The molecule has 0 saturated heterocycles. The lowest BCUT2D eigenvalue weighted by atomic mass is 10.1. The molecule has 0 saturated carbocycles. The second-order valence-electron chi connectivity index (χ2n) is 6.65. The maximum atomic E-state index is 13.2. The lowest BCUT2D eigenvalue weighted by molar-refractivity contribution is -0.117.